The van der Waals surface area contributed by atoms with Gasteiger partial charge in [0.15, 0.2) is 16.7 Å². The van der Waals surface area contributed by atoms with Crippen LogP contribution < -0.4 is 20.7 Å². The van der Waals surface area contributed by atoms with Crippen LogP contribution in [0.2, 0.25) is 0 Å². The lowest BCUT2D eigenvalue weighted by atomic mass is 10.1. The van der Waals surface area contributed by atoms with Crippen LogP contribution in [-0.2, 0) is 4.74 Å². The molecule has 0 bridgehead atoms. The van der Waals surface area contributed by atoms with E-state index in [-0.39, 0.29) is 11.7 Å². The molecule has 1 amide bonds. The van der Waals surface area contributed by atoms with E-state index >= 15 is 0 Å². The van der Waals surface area contributed by atoms with Crippen LogP contribution >= 0.6 is 11.3 Å². The molecular weight excluding hydrogens is 631 g/mol. The van der Waals surface area contributed by atoms with E-state index in [1.165, 1.54) is 30.6 Å². The molecule has 0 aliphatic carbocycles. The normalized spacial score (nSPS) is 13.3. The molecule has 3 aromatic carbocycles. The number of anilines is 4. The lowest BCUT2D eigenvalue weighted by Gasteiger charge is -2.26. The molecule has 2 aromatic heterocycles. The molecule has 1 saturated heterocycles. The van der Waals surface area contributed by atoms with Crippen molar-refractivity contribution in [3.8, 4) is 27.6 Å². The van der Waals surface area contributed by atoms with Crippen molar-refractivity contribution < 1.29 is 27.4 Å². The summed E-state index contributed by atoms with van der Waals surface area (Å²) in [5.74, 6) is -2.51. The van der Waals surface area contributed by atoms with E-state index in [1.54, 1.807) is 36.5 Å². The molecule has 3 heterocycles. The summed E-state index contributed by atoms with van der Waals surface area (Å²) < 4.78 is 52.7. The van der Waals surface area contributed by atoms with Gasteiger partial charge in [0, 0.05) is 55.4 Å². The molecule has 242 valence electrons. The summed E-state index contributed by atoms with van der Waals surface area (Å²) in [5.41, 5.74) is 2.19. The Morgan fingerprint density at radius 3 is 2.64 bits per heavy atom. The Kier molecular flexibility index (Phi) is 9.90. The summed E-state index contributed by atoms with van der Waals surface area (Å²) >= 11 is 1.40. The van der Waals surface area contributed by atoms with Gasteiger partial charge in [-0.25, -0.2) is 28.1 Å². The van der Waals surface area contributed by atoms with E-state index in [2.05, 4.69) is 30.8 Å². The number of amides is 1. The van der Waals surface area contributed by atoms with Gasteiger partial charge < -0.3 is 25.4 Å². The zero-order valence-electron chi connectivity index (χ0n) is 25.2. The molecule has 14 heteroatoms. The number of methoxy groups -OCH3 is 1. The number of nitrogens with zero attached hydrogens (tertiary/aromatic N) is 4. The minimum absolute atomic E-state index is 0.118. The van der Waals surface area contributed by atoms with Crippen molar-refractivity contribution in [3.05, 3.63) is 95.9 Å². The summed E-state index contributed by atoms with van der Waals surface area (Å²) in [6.07, 6.45) is 1.59. The van der Waals surface area contributed by atoms with Gasteiger partial charge in [0.25, 0.3) is 5.91 Å². The second-order valence-electron chi connectivity index (χ2n) is 10.5. The summed E-state index contributed by atoms with van der Waals surface area (Å²) in [6, 6.07) is 15.8. The van der Waals surface area contributed by atoms with E-state index in [0.717, 1.165) is 37.8 Å². The highest BCUT2D eigenvalue weighted by atomic mass is 32.1. The summed E-state index contributed by atoms with van der Waals surface area (Å²) in [4.78, 5) is 29.7. The number of ether oxygens (including phenoxy) is 2. The smallest absolute Gasteiger partial charge is 0.258 e. The molecule has 6 rings (SSSR count). The highest BCUT2D eigenvalue weighted by molar-refractivity contribution is 7.19. The fourth-order valence-corrected chi connectivity index (χ4v) is 5.93. The first-order chi connectivity index (χ1) is 22.9. The van der Waals surface area contributed by atoms with Crippen LogP contribution in [0.5, 0.6) is 5.75 Å². The molecule has 0 unspecified atom stereocenters. The molecule has 1 aliphatic rings. The second-order valence-corrected chi connectivity index (χ2v) is 11.5. The number of nitrogens with one attached hydrogen (secondary N) is 3. The van der Waals surface area contributed by atoms with Gasteiger partial charge in [-0.1, -0.05) is 23.5 Å². The van der Waals surface area contributed by atoms with Crippen molar-refractivity contribution in [2.24, 2.45) is 0 Å². The van der Waals surface area contributed by atoms with E-state index < -0.39 is 28.9 Å². The van der Waals surface area contributed by atoms with Gasteiger partial charge in [0.05, 0.1) is 42.2 Å². The molecular formula is C33H30F3N7O3S. The molecule has 3 N–H and O–H groups in total. The Morgan fingerprint density at radius 2 is 1.83 bits per heavy atom. The number of carbonyl (C=O) groups excluding carboxylic acids is 1. The molecule has 47 heavy (non-hydrogen) atoms. The van der Waals surface area contributed by atoms with Crippen molar-refractivity contribution in [3.63, 3.8) is 0 Å². The van der Waals surface area contributed by atoms with Gasteiger partial charge in [0.1, 0.15) is 11.6 Å². The second kappa shape index (κ2) is 14.6. The standard InChI is InChI=1S/C33H30F3N7O3S/c1-45-28-8-6-23(19-26(28)36)40-32-37-10-9-27(41-32)30-29(42-33(47-30)38-11-12-43-13-15-46-16-14-43)20-3-2-4-22(17-20)39-31(44)24-18-21(34)5-7-25(24)35/h2-10,17-19H,11-16H2,1H3,(H,38,42)(H,39,44)(H,37,40,41). The third-order valence-electron chi connectivity index (χ3n) is 7.30. The number of aromatic nitrogens is 3. The van der Waals surface area contributed by atoms with Crippen LogP contribution in [0, 0.1) is 17.5 Å². The quantitative estimate of drug-likeness (QED) is 0.147. The maximum Gasteiger partial charge on any atom is 0.258 e. The molecule has 1 fully saturated rings. The highest BCUT2D eigenvalue weighted by Crippen LogP contribution is 2.39. The average Bonchev–Trinajstić information content (AvgIpc) is 3.51. The number of morpholine rings is 1. The minimum Gasteiger partial charge on any atom is -0.494 e. The summed E-state index contributed by atoms with van der Waals surface area (Å²) in [7, 11) is 1.39. The van der Waals surface area contributed by atoms with Crippen LogP contribution in [0.4, 0.5) is 35.6 Å². The zero-order valence-corrected chi connectivity index (χ0v) is 26.0. The molecule has 0 spiro atoms. The van der Waals surface area contributed by atoms with Crippen molar-refractivity contribution >= 4 is 39.7 Å². The predicted octanol–water partition coefficient (Wildman–Crippen LogP) is 6.43. The van der Waals surface area contributed by atoms with E-state index in [4.69, 9.17) is 14.5 Å². The van der Waals surface area contributed by atoms with E-state index in [1.807, 2.05) is 6.07 Å². The van der Waals surface area contributed by atoms with Gasteiger partial charge in [-0.2, -0.15) is 0 Å². The number of hydrogen-bond donors (Lipinski definition) is 3. The maximum absolute atomic E-state index is 14.3. The number of hydrogen-bond acceptors (Lipinski definition) is 10. The van der Waals surface area contributed by atoms with E-state index in [9.17, 15) is 18.0 Å². The van der Waals surface area contributed by atoms with Crippen molar-refractivity contribution in [2.75, 3.05) is 62.5 Å². The van der Waals surface area contributed by atoms with Gasteiger partial charge in [-0.3, -0.25) is 9.69 Å². The molecule has 1 aliphatic heterocycles. The molecule has 10 nitrogen and oxygen atoms in total. The number of carbonyl (C=O) groups is 1. The number of thiazole rings is 1. The summed E-state index contributed by atoms with van der Waals surface area (Å²) in [5, 5.41) is 9.74. The number of rotatable bonds is 11. The summed E-state index contributed by atoms with van der Waals surface area (Å²) in [6.45, 7) is 4.61. The van der Waals surface area contributed by atoms with Crippen molar-refractivity contribution in [1.82, 2.24) is 19.9 Å². The number of halogens is 3. The Hall–Kier alpha value is -5.05. The Balaban J connectivity index is 1.29. The third kappa shape index (κ3) is 7.85. The van der Waals surface area contributed by atoms with Crippen LogP contribution in [-0.4, -0.2) is 72.3 Å². The molecule has 0 saturated carbocycles. The van der Waals surface area contributed by atoms with Gasteiger partial charge in [-0.05, 0) is 48.5 Å². The van der Waals surface area contributed by atoms with Gasteiger partial charge >= 0.3 is 0 Å². The van der Waals surface area contributed by atoms with Gasteiger partial charge in [-0.15, -0.1) is 0 Å². The fourth-order valence-electron chi connectivity index (χ4n) is 4.94. The Morgan fingerprint density at radius 1 is 0.979 bits per heavy atom. The first-order valence-electron chi connectivity index (χ1n) is 14.7. The lowest BCUT2D eigenvalue weighted by molar-refractivity contribution is 0.0398. The molecule has 0 atom stereocenters. The maximum atomic E-state index is 14.3. The van der Waals surface area contributed by atoms with Crippen LogP contribution in [0.25, 0.3) is 21.8 Å². The van der Waals surface area contributed by atoms with Crippen LogP contribution in [0.3, 0.4) is 0 Å². The average molecular weight is 662 g/mol. The molecule has 0 radical (unpaired) electrons. The van der Waals surface area contributed by atoms with Crippen LogP contribution in [0.1, 0.15) is 10.4 Å². The number of benzene rings is 3. The van der Waals surface area contributed by atoms with Crippen molar-refractivity contribution in [1.29, 1.82) is 0 Å². The minimum atomic E-state index is -0.833. The zero-order chi connectivity index (χ0) is 32.8. The SMILES string of the molecule is COc1ccc(Nc2nccc(-c3sc(NCCN4CCOCC4)nc3-c3cccc(NC(=O)c4cc(F)ccc4F)c3)n2)cc1F. The van der Waals surface area contributed by atoms with Crippen molar-refractivity contribution in [2.45, 2.75) is 0 Å². The monoisotopic (exact) mass is 661 g/mol. The Labute approximate surface area is 272 Å². The predicted molar refractivity (Wildman–Crippen MR) is 175 cm³/mol. The van der Waals surface area contributed by atoms with Gasteiger partial charge in [0.2, 0.25) is 5.95 Å². The topological polar surface area (TPSA) is 114 Å². The lowest BCUT2D eigenvalue weighted by Crippen LogP contribution is -2.38. The van der Waals surface area contributed by atoms with E-state index in [0.29, 0.717) is 58.1 Å². The highest BCUT2D eigenvalue weighted by Gasteiger charge is 2.19. The first kappa shape index (κ1) is 31.9. The first-order valence-corrected chi connectivity index (χ1v) is 15.5. The Bertz CT molecular complexity index is 1880. The largest absolute Gasteiger partial charge is 0.494 e. The molecule has 5 aromatic rings. The van der Waals surface area contributed by atoms with Crippen LogP contribution in [0.15, 0.2) is 72.9 Å². The fraction of sp³-hybridized carbons (Fsp3) is 0.212. The third-order valence-corrected chi connectivity index (χ3v) is 8.33.